The van der Waals surface area contributed by atoms with Crippen molar-refractivity contribution in [3.05, 3.63) is 65.7 Å². The molecule has 2 aromatic carbocycles. The number of hydrogen-bond acceptors (Lipinski definition) is 3. The van der Waals surface area contributed by atoms with Crippen molar-refractivity contribution in [2.45, 2.75) is 45.3 Å². The van der Waals surface area contributed by atoms with Gasteiger partial charge in [-0.2, -0.15) is 0 Å². The number of piperidine rings is 1. The molecular weight excluding hydrogens is 338 g/mol. The minimum absolute atomic E-state index is 0.0183. The highest BCUT2D eigenvalue weighted by Gasteiger charge is 2.29. The fourth-order valence-electron chi connectivity index (χ4n) is 3.67. The number of benzene rings is 2. The quantitative estimate of drug-likeness (QED) is 0.742. The number of likely N-dealkylation sites (tertiary alicyclic amines) is 1. The molecule has 0 bridgehead atoms. The van der Waals surface area contributed by atoms with Crippen molar-refractivity contribution in [1.82, 2.24) is 4.90 Å². The lowest BCUT2D eigenvalue weighted by atomic mass is 9.96. The zero-order valence-electron chi connectivity index (χ0n) is 16.0. The lowest BCUT2D eigenvalue weighted by molar-refractivity contribution is -0.144. The van der Waals surface area contributed by atoms with Crippen LogP contribution in [0, 0.1) is 5.92 Å². The van der Waals surface area contributed by atoms with Crippen LogP contribution in [0.25, 0.3) is 0 Å². The van der Waals surface area contributed by atoms with Crippen LogP contribution in [0.2, 0.25) is 0 Å². The van der Waals surface area contributed by atoms with Gasteiger partial charge in [0, 0.05) is 13.1 Å². The molecule has 0 spiro atoms. The Morgan fingerprint density at radius 2 is 1.70 bits per heavy atom. The Hall–Kier alpha value is -2.33. The van der Waals surface area contributed by atoms with E-state index in [1.807, 2.05) is 18.2 Å². The Morgan fingerprint density at radius 3 is 2.30 bits per heavy atom. The summed E-state index contributed by atoms with van der Waals surface area (Å²) in [4.78, 5) is 13.5. The van der Waals surface area contributed by atoms with Crippen LogP contribution in [0.5, 0.6) is 5.75 Å². The highest BCUT2D eigenvalue weighted by molar-refractivity contribution is 5.70. The van der Waals surface area contributed by atoms with Crippen LogP contribution in [0.15, 0.2) is 54.6 Å². The monoisotopic (exact) mass is 367 g/mol. The first kappa shape index (κ1) is 19.4. The van der Waals surface area contributed by atoms with Crippen molar-refractivity contribution < 1.29 is 14.6 Å². The van der Waals surface area contributed by atoms with E-state index in [-0.39, 0.29) is 12.1 Å². The van der Waals surface area contributed by atoms with Gasteiger partial charge in [-0.15, -0.1) is 0 Å². The molecule has 1 unspecified atom stereocenters. The third-order valence-corrected chi connectivity index (χ3v) is 5.27. The van der Waals surface area contributed by atoms with Gasteiger partial charge in [0.2, 0.25) is 0 Å². The van der Waals surface area contributed by atoms with E-state index in [1.165, 1.54) is 11.1 Å². The first-order chi connectivity index (χ1) is 13.2. The average Bonchev–Trinajstić information content (AvgIpc) is 2.70. The molecule has 1 saturated heterocycles. The minimum Gasteiger partial charge on any atom is -0.481 e. The summed E-state index contributed by atoms with van der Waals surface area (Å²) in [6.07, 6.45) is 4.33. The van der Waals surface area contributed by atoms with Crippen LogP contribution in [0.3, 0.4) is 0 Å². The Labute approximate surface area is 161 Å². The molecule has 27 heavy (non-hydrogen) atoms. The molecule has 1 heterocycles. The van der Waals surface area contributed by atoms with E-state index in [4.69, 9.17) is 4.74 Å². The topological polar surface area (TPSA) is 49.8 Å². The Balaban J connectivity index is 1.58. The van der Waals surface area contributed by atoms with Crippen LogP contribution >= 0.6 is 0 Å². The maximum Gasteiger partial charge on any atom is 0.306 e. The second-order valence-electron chi connectivity index (χ2n) is 7.32. The summed E-state index contributed by atoms with van der Waals surface area (Å²) in [6.45, 7) is 3.73. The average molecular weight is 367 g/mol. The second-order valence-corrected chi connectivity index (χ2v) is 7.32. The summed E-state index contributed by atoms with van der Waals surface area (Å²) in [5.41, 5.74) is 2.57. The van der Waals surface area contributed by atoms with Gasteiger partial charge >= 0.3 is 5.97 Å². The highest BCUT2D eigenvalue weighted by Crippen LogP contribution is 2.24. The smallest absolute Gasteiger partial charge is 0.306 e. The van der Waals surface area contributed by atoms with Crippen molar-refractivity contribution in [2.24, 2.45) is 5.92 Å². The Morgan fingerprint density at radius 1 is 1.07 bits per heavy atom. The Bertz CT molecular complexity index is 706. The lowest BCUT2D eigenvalue weighted by Crippen LogP contribution is -2.45. The summed E-state index contributed by atoms with van der Waals surface area (Å²) in [6, 6.07) is 18.8. The van der Waals surface area contributed by atoms with Crippen molar-refractivity contribution >= 4 is 5.97 Å². The van der Waals surface area contributed by atoms with Gasteiger partial charge < -0.3 is 9.84 Å². The predicted molar refractivity (Wildman–Crippen MR) is 107 cm³/mol. The first-order valence-electron chi connectivity index (χ1n) is 9.92. The fraction of sp³-hybridized carbons (Fsp3) is 0.435. The van der Waals surface area contributed by atoms with E-state index in [0.717, 1.165) is 38.1 Å². The van der Waals surface area contributed by atoms with Gasteiger partial charge in [-0.05, 0) is 48.9 Å². The first-order valence-corrected chi connectivity index (χ1v) is 9.92. The number of rotatable bonds is 8. The minimum atomic E-state index is -0.670. The van der Waals surface area contributed by atoms with Gasteiger partial charge in [0.1, 0.15) is 5.75 Å². The number of carboxylic acids is 1. The summed E-state index contributed by atoms with van der Waals surface area (Å²) in [5.74, 6) is 0.00281. The maximum atomic E-state index is 11.2. The number of aliphatic carboxylic acids is 1. The number of carbonyl (C=O) groups is 1. The molecule has 0 aromatic heterocycles. The normalized spacial score (nSPS) is 16.8. The molecule has 2 aromatic rings. The molecule has 144 valence electrons. The Kier molecular flexibility index (Phi) is 6.88. The molecular formula is C23H29NO3. The highest BCUT2D eigenvalue weighted by atomic mass is 16.5. The van der Waals surface area contributed by atoms with Crippen molar-refractivity contribution in [3.8, 4) is 5.75 Å². The second kappa shape index (κ2) is 9.56. The van der Waals surface area contributed by atoms with E-state index in [9.17, 15) is 9.90 Å². The molecule has 0 saturated carbocycles. The van der Waals surface area contributed by atoms with Crippen LogP contribution < -0.4 is 4.74 Å². The molecule has 3 rings (SSSR count). The zero-order chi connectivity index (χ0) is 19.1. The van der Waals surface area contributed by atoms with E-state index in [2.05, 4.69) is 48.2 Å². The molecule has 1 N–H and O–H groups in total. The van der Waals surface area contributed by atoms with Gasteiger partial charge in [0.15, 0.2) is 6.23 Å². The van der Waals surface area contributed by atoms with E-state index in [0.29, 0.717) is 12.8 Å². The van der Waals surface area contributed by atoms with E-state index < -0.39 is 5.97 Å². The summed E-state index contributed by atoms with van der Waals surface area (Å²) >= 11 is 0. The van der Waals surface area contributed by atoms with Gasteiger partial charge in [-0.25, -0.2) is 0 Å². The van der Waals surface area contributed by atoms with Gasteiger partial charge in [0.25, 0.3) is 0 Å². The van der Waals surface area contributed by atoms with Crippen LogP contribution in [-0.4, -0.2) is 35.3 Å². The third-order valence-electron chi connectivity index (χ3n) is 5.27. The number of hydrogen-bond donors (Lipinski definition) is 1. The fourth-order valence-corrected chi connectivity index (χ4v) is 3.67. The van der Waals surface area contributed by atoms with Crippen LogP contribution in [0.1, 0.15) is 43.7 Å². The molecule has 1 aliphatic heterocycles. The summed E-state index contributed by atoms with van der Waals surface area (Å²) in [7, 11) is 0. The predicted octanol–water partition coefficient (Wildman–Crippen LogP) is 4.58. The third kappa shape index (κ3) is 5.57. The maximum absolute atomic E-state index is 11.2. The number of nitrogens with zero attached hydrogens (tertiary/aromatic N) is 1. The largest absolute Gasteiger partial charge is 0.481 e. The van der Waals surface area contributed by atoms with Crippen molar-refractivity contribution in [2.75, 3.05) is 13.1 Å². The lowest BCUT2D eigenvalue weighted by Gasteiger charge is -2.36. The molecule has 0 aliphatic carbocycles. The van der Waals surface area contributed by atoms with E-state index in [1.54, 1.807) is 0 Å². The van der Waals surface area contributed by atoms with Gasteiger partial charge in [-0.1, -0.05) is 55.8 Å². The van der Waals surface area contributed by atoms with Gasteiger partial charge in [0.05, 0.1) is 5.92 Å². The molecule has 1 atom stereocenters. The molecule has 1 fully saturated rings. The number of carboxylic acid groups (broad SMARTS) is 1. The van der Waals surface area contributed by atoms with Crippen molar-refractivity contribution in [1.29, 1.82) is 0 Å². The molecule has 0 radical (unpaired) electrons. The number of ether oxygens (including phenoxy) is 1. The SMILES string of the molecule is CCCC(Oc1ccc(Cc2ccccc2)cc1)N1CCC(C(=O)O)CC1. The molecule has 4 nitrogen and oxygen atoms in total. The van der Waals surface area contributed by atoms with Gasteiger partial charge in [-0.3, -0.25) is 9.69 Å². The van der Waals surface area contributed by atoms with Crippen LogP contribution in [-0.2, 0) is 11.2 Å². The molecule has 1 aliphatic rings. The van der Waals surface area contributed by atoms with Crippen molar-refractivity contribution in [3.63, 3.8) is 0 Å². The standard InChI is InChI=1S/C23H29NO3/c1-2-6-22(24-15-13-20(14-16-24)23(25)26)27-21-11-9-19(10-12-21)17-18-7-4-3-5-8-18/h3-5,7-12,20,22H,2,6,13-17H2,1H3,(H,25,26). The molecule has 4 heteroatoms. The van der Waals surface area contributed by atoms with E-state index >= 15 is 0 Å². The zero-order valence-corrected chi connectivity index (χ0v) is 16.0. The van der Waals surface area contributed by atoms with Crippen LogP contribution in [0.4, 0.5) is 0 Å². The molecule has 0 amide bonds. The summed E-state index contributed by atoms with van der Waals surface area (Å²) < 4.78 is 6.27. The summed E-state index contributed by atoms with van der Waals surface area (Å²) in [5, 5.41) is 9.18.